The third kappa shape index (κ3) is 4.54. The summed E-state index contributed by atoms with van der Waals surface area (Å²) < 4.78 is 0. The first-order valence-electron chi connectivity index (χ1n) is 9.93. The molecule has 29 heavy (non-hydrogen) atoms. The lowest BCUT2D eigenvalue weighted by Gasteiger charge is -2.26. The van der Waals surface area contributed by atoms with E-state index in [4.69, 9.17) is 0 Å². The first-order chi connectivity index (χ1) is 14.2. The minimum atomic E-state index is -0.324. The molecular formula is C25H24N2O2. The number of carbonyl (C=O) groups is 2. The van der Waals surface area contributed by atoms with Crippen LogP contribution in [0.15, 0.2) is 91.0 Å². The van der Waals surface area contributed by atoms with Gasteiger partial charge >= 0.3 is 0 Å². The molecule has 0 aliphatic carbocycles. The fraction of sp³-hybridized carbons (Fsp3) is 0.200. The second-order valence-corrected chi connectivity index (χ2v) is 7.41. The Labute approximate surface area is 171 Å². The third-order valence-corrected chi connectivity index (χ3v) is 5.29. The van der Waals surface area contributed by atoms with Gasteiger partial charge in [-0.15, -0.1) is 0 Å². The van der Waals surface area contributed by atoms with Crippen LogP contribution in [0.4, 0.5) is 5.69 Å². The average Bonchev–Trinajstić information content (AvgIpc) is 3.16. The maximum Gasteiger partial charge on any atom is 0.228 e. The van der Waals surface area contributed by atoms with Crippen LogP contribution in [-0.4, -0.2) is 23.3 Å². The molecule has 3 aromatic rings. The van der Waals surface area contributed by atoms with Crippen molar-refractivity contribution < 1.29 is 9.59 Å². The molecule has 146 valence electrons. The van der Waals surface area contributed by atoms with E-state index in [0.717, 1.165) is 16.8 Å². The van der Waals surface area contributed by atoms with E-state index in [1.165, 1.54) is 0 Å². The van der Waals surface area contributed by atoms with E-state index in [9.17, 15) is 9.59 Å². The molecule has 1 aliphatic heterocycles. The average molecular weight is 384 g/mol. The van der Waals surface area contributed by atoms with Crippen molar-refractivity contribution in [2.75, 3.05) is 11.4 Å². The van der Waals surface area contributed by atoms with Crippen LogP contribution in [0, 0.1) is 5.92 Å². The van der Waals surface area contributed by atoms with Crippen molar-refractivity contribution in [2.24, 2.45) is 5.92 Å². The van der Waals surface area contributed by atoms with Gasteiger partial charge in [0.1, 0.15) is 0 Å². The van der Waals surface area contributed by atoms with Crippen molar-refractivity contribution in [3.63, 3.8) is 0 Å². The maximum absolute atomic E-state index is 13.4. The Morgan fingerprint density at radius 2 is 1.28 bits per heavy atom. The summed E-state index contributed by atoms with van der Waals surface area (Å²) in [5, 5.41) is 0. The minimum absolute atomic E-state index is 0.00826. The topological polar surface area (TPSA) is 40.6 Å². The Hall–Kier alpha value is -3.40. The summed E-state index contributed by atoms with van der Waals surface area (Å²) in [4.78, 5) is 29.6. The first-order valence-corrected chi connectivity index (χ1v) is 9.93. The lowest BCUT2D eigenvalue weighted by molar-refractivity contribution is -0.137. The number of nitrogens with zero attached hydrogens (tertiary/aromatic N) is 2. The van der Waals surface area contributed by atoms with Gasteiger partial charge in [0.2, 0.25) is 11.8 Å². The van der Waals surface area contributed by atoms with Gasteiger partial charge in [-0.25, -0.2) is 0 Å². The molecule has 0 radical (unpaired) electrons. The molecule has 0 N–H and O–H groups in total. The van der Waals surface area contributed by atoms with Crippen molar-refractivity contribution in [3.05, 3.63) is 102 Å². The Kier molecular flexibility index (Phi) is 5.71. The van der Waals surface area contributed by atoms with Gasteiger partial charge in [0.05, 0.1) is 5.92 Å². The van der Waals surface area contributed by atoms with Crippen LogP contribution in [0.2, 0.25) is 0 Å². The standard InChI is InChI=1S/C25H24N2O2/c28-24-16-22(19-27(24)23-14-8-3-9-15-23)25(29)26(17-20-10-4-1-5-11-20)18-21-12-6-2-7-13-21/h1-15,22H,16-19H2. The minimum Gasteiger partial charge on any atom is -0.334 e. The van der Waals surface area contributed by atoms with E-state index in [0.29, 0.717) is 19.6 Å². The maximum atomic E-state index is 13.4. The smallest absolute Gasteiger partial charge is 0.228 e. The largest absolute Gasteiger partial charge is 0.334 e. The van der Waals surface area contributed by atoms with Gasteiger partial charge in [-0.3, -0.25) is 9.59 Å². The normalized spacial score (nSPS) is 16.1. The third-order valence-electron chi connectivity index (χ3n) is 5.29. The number of benzene rings is 3. The summed E-state index contributed by atoms with van der Waals surface area (Å²) in [6, 6.07) is 29.6. The van der Waals surface area contributed by atoms with Crippen molar-refractivity contribution in [3.8, 4) is 0 Å². The molecule has 0 aromatic heterocycles. The molecule has 1 unspecified atom stereocenters. The van der Waals surface area contributed by atoms with Gasteiger partial charge in [0.15, 0.2) is 0 Å². The van der Waals surface area contributed by atoms with Crippen LogP contribution in [-0.2, 0) is 22.7 Å². The molecule has 1 aliphatic rings. The van der Waals surface area contributed by atoms with E-state index >= 15 is 0 Å². The molecular weight excluding hydrogens is 360 g/mol. The molecule has 1 saturated heterocycles. The van der Waals surface area contributed by atoms with Crippen molar-refractivity contribution >= 4 is 17.5 Å². The van der Waals surface area contributed by atoms with Crippen LogP contribution in [0.1, 0.15) is 17.5 Å². The molecule has 4 nitrogen and oxygen atoms in total. The van der Waals surface area contributed by atoms with E-state index in [-0.39, 0.29) is 24.2 Å². The van der Waals surface area contributed by atoms with Crippen LogP contribution in [0.5, 0.6) is 0 Å². The number of carbonyl (C=O) groups excluding carboxylic acids is 2. The molecule has 3 aromatic carbocycles. The van der Waals surface area contributed by atoms with Crippen LogP contribution in [0.3, 0.4) is 0 Å². The molecule has 1 fully saturated rings. The number of hydrogen-bond acceptors (Lipinski definition) is 2. The number of hydrogen-bond donors (Lipinski definition) is 0. The molecule has 0 bridgehead atoms. The quantitative estimate of drug-likeness (QED) is 0.637. The number of rotatable bonds is 6. The highest BCUT2D eigenvalue weighted by molar-refractivity contribution is 6.00. The lowest BCUT2D eigenvalue weighted by atomic mass is 10.1. The summed E-state index contributed by atoms with van der Waals surface area (Å²) in [5.74, 6) is -0.284. The van der Waals surface area contributed by atoms with Crippen molar-refractivity contribution in [1.29, 1.82) is 0 Å². The highest BCUT2D eigenvalue weighted by Crippen LogP contribution is 2.27. The summed E-state index contributed by atoms with van der Waals surface area (Å²) in [7, 11) is 0. The van der Waals surface area contributed by atoms with E-state index in [1.54, 1.807) is 4.90 Å². The Morgan fingerprint density at radius 1 is 0.793 bits per heavy atom. The van der Waals surface area contributed by atoms with E-state index < -0.39 is 0 Å². The highest BCUT2D eigenvalue weighted by atomic mass is 16.2. The SMILES string of the molecule is O=C(C1CC(=O)N(c2ccccc2)C1)N(Cc1ccccc1)Cc1ccccc1. The molecule has 4 heteroatoms. The van der Waals surface area contributed by atoms with Gasteiger partial charge in [-0.05, 0) is 23.3 Å². The molecule has 2 amide bonds. The summed E-state index contributed by atoms with van der Waals surface area (Å²) >= 11 is 0. The second-order valence-electron chi connectivity index (χ2n) is 7.41. The highest BCUT2D eigenvalue weighted by Gasteiger charge is 2.37. The zero-order valence-electron chi connectivity index (χ0n) is 16.3. The van der Waals surface area contributed by atoms with Gasteiger partial charge in [0.25, 0.3) is 0 Å². The summed E-state index contributed by atoms with van der Waals surface area (Å²) in [6.45, 7) is 1.50. The van der Waals surface area contributed by atoms with E-state index in [1.807, 2.05) is 95.9 Å². The molecule has 4 rings (SSSR count). The molecule has 1 heterocycles. The predicted octanol–water partition coefficient (Wildman–Crippen LogP) is 4.27. The number of anilines is 1. The molecule has 0 spiro atoms. The first kappa shape index (κ1) is 18.9. The number of para-hydroxylation sites is 1. The van der Waals surface area contributed by atoms with Gasteiger partial charge in [-0.1, -0.05) is 78.9 Å². The zero-order valence-corrected chi connectivity index (χ0v) is 16.3. The van der Waals surface area contributed by atoms with Crippen LogP contribution in [0.25, 0.3) is 0 Å². The second kappa shape index (κ2) is 8.74. The van der Waals surface area contributed by atoms with Crippen molar-refractivity contribution in [2.45, 2.75) is 19.5 Å². The summed E-state index contributed by atoms with van der Waals surface area (Å²) in [5.41, 5.74) is 3.02. The fourth-order valence-corrected chi connectivity index (χ4v) is 3.81. The Morgan fingerprint density at radius 3 is 1.79 bits per heavy atom. The van der Waals surface area contributed by atoms with Crippen LogP contribution < -0.4 is 4.90 Å². The Bertz CT molecular complexity index is 916. The van der Waals surface area contributed by atoms with Crippen LogP contribution >= 0.6 is 0 Å². The number of amides is 2. The fourth-order valence-electron chi connectivity index (χ4n) is 3.81. The predicted molar refractivity (Wildman–Crippen MR) is 114 cm³/mol. The van der Waals surface area contributed by atoms with Crippen molar-refractivity contribution in [1.82, 2.24) is 4.90 Å². The van der Waals surface area contributed by atoms with E-state index in [2.05, 4.69) is 0 Å². The van der Waals surface area contributed by atoms with Gasteiger partial charge < -0.3 is 9.80 Å². The molecule has 0 saturated carbocycles. The zero-order chi connectivity index (χ0) is 20.1. The molecule has 1 atom stereocenters. The van der Waals surface area contributed by atoms with Gasteiger partial charge in [-0.2, -0.15) is 0 Å². The summed E-state index contributed by atoms with van der Waals surface area (Å²) in [6.07, 6.45) is 0.258. The Balaban J connectivity index is 1.53. The lowest BCUT2D eigenvalue weighted by Crippen LogP contribution is -2.36. The monoisotopic (exact) mass is 384 g/mol. The van der Waals surface area contributed by atoms with Gasteiger partial charge in [0, 0.05) is 31.7 Å².